The number of hydrogen-bond donors (Lipinski definition) is 1. The van der Waals surface area contributed by atoms with Crippen molar-refractivity contribution in [1.82, 2.24) is 14.8 Å². The summed E-state index contributed by atoms with van der Waals surface area (Å²) in [6, 6.07) is 5.82. The normalized spacial score (nSPS) is 17.8. The summed E-state index contributed by atoms with van der Waals surface area (Å²) in [6.45, 7) is 5.75. The summed E-state index contributed by atoms with van der Waals surface area (Å²) < 4.78 is 7.68. The second-order valence-electron chi connectivity index (χ2n) is 5.26. The molecule has 1 aliphatic rings. The molecule has 0 fully saturated rings. The van der Waals surface area contributed by atoms with Gasteiger partial charge in [-0.05, 0) is 38.0 Å². The van der Waals surface area contributed by atoms with Gasteiger partial charge in [0.2, 0.25) is 0 Å². The highest BCUT2D eigenvalue weighted by Gasteiger charge is 2.22. The third-order valence-corrected chi connectivity index (χ3v) is 3.81. The molecule has 0 saturated carbocycles. The van der Waals surface area contributed by atoms with E-state index in [2.05, 4.69) is 21.7 Å². The fourth-order valence-electron chi connectivity index (χ4n) is 2.77. The third kappa shape index (κ3) is 2.13. The van der Waals surface area contributed by atoms with Crippen LogP contribution in [0.1, 0.15) is 38.4 Å². The number of fused-ring (bicyclic) bond motifs is 1. The number of nitrogen functional groups attached to an aromatic ring is 1. The van der Waals surface area contributed by atoms with Crippen molar-refractivity contribution in [2.75, 3.05) is 12.3 Å². The summed E-state index contributed by atoms with van der Waals surface area (Å²) in [7, 11) is 0. The standard InChI is InChI=1S/C15H20N4O/c1-3-20-13-7-6-11(9-12(13)16)15-18-17-14-10(2)5-4-8-19(14)15/h6-7,9-10H,3-5,8,16H2,1-2H3. The molecule has 0 aliphatic carbocycles. The summed E-state index contributed by atoms with van der Waals surface area (Å²) in [6.07, 6.45) is 2.36. The summed E-state index contributed by atoms with van der Waals surface area (Å²) in [5.41, 5.74) is 7.68. The van der Waals surface area contributed by atoms with Gasteiger partial charge in [-0.15, -0.1) is 10.2 Å². The van der Waals surface area contributed by atoms with Gasteiger partial charge in [-0.1, -0.05) is 6.92 Å². The minimum absolute atomic E-state index is 0.477. The molecule has 2 N–H and O–H groups in total. The lowest BCUT2D eigenvalue weighted by molar-refractivity contribution is 0.342. The van der Waals surface area contributed by atoms with E-state index in [9.17, 15) is 0 Å². The SMILES string of the molecule is CCOc1ccc(-c2nnc3n2CCCC3C)cc1N. The van der Waals surface area contributed by atoms with Crippen molar-refractivity contribution >= 4 is 5.69 Å². The maximum absolute atomic E-state index is 6.03. The van der Waals surface area contributed by atoms with Gasteiger partial charge in [0.1, 0.15) is 11.6 Å². The van der Waals surface area contributed by atoms with Gasteiger partial charge in [0.25, 0.3) is 0 Å². The van der Waals surface area contributed by atoms with Crippen LogP contribution in [0.15, 0.2) is 18.2 Å². The summed E-state index contributed by atoms with van der Waals surface area (Å²) >= 11 is 0. The van der Waals surface area contributed by atoms with Crippen molar-refractivity contribution in [2.24, 2.45) is 0 Å². The zero-order chi connectivity index (χ0) is 14.1. The van der Waals surface area contributed by atoms with Crippen LogP contribution in [-0.4, -0.2) is 21.4 Å². The van der Waals surface area contributed by atoms with Gasteiger partial charge in [-0.3, -0.25) is 0 Å². The van der Waals surface area contributed by atoms with E-state index in [0.29, 0.717) is 18.2 Å². The molecule has 106 valence electrons. The first-order chi connectivity index (χ1) is 9.70. The number of anilines is 1. The van der Waals surface area contributed by atoms with Crippen molar-refractivity contribution in [3.05, 3.63) is 24.0 Å². The molecular weight excluding hydrogens is 252 g/mol. The monoisotopic (exact) mass is 272 g/mol. The molecular formula is C15H20N4O. The van der Waals surface area contributed by atoms with Crippen molar-refractivity contribution in [3.63, 3.8) is 0 Å². The van der Waals surface area contributed by atoms with Crippen LogP contribution in [0.3, 0.4) is 0 Å². The highest BCUT2D eigenvalue weighted by Crippen LogP contribution is 2.32. The maximum atomic E-state index is 6.03. The molecule has 1 aliphatic heterocycles. The second kappa shape index (κ2) is 5.15. The predicted octanol–water partition coefficient (Wildman–Crippen LogP) is 2.82. The second-order valence-corrected chi connectivity index (χ2v) is 5.26. The van der Waals surface area contributed by atoms with Crippen molar-refractivity contribution in [3.8, 4) is 17.1 Å². The first-order valence-corrected chi connectivity index (χ1v) is 7.16. The Morgan fingerprint density at radius 1 is 1.40 bits per heavy atom. The van der Waals surface area contributed by atoms with Gasteiger partial charge in [-0.25, -0.2) is 0 Å². The Morgan fingerprint density at radius 2 is 2.25 bits per heavy atom. The molecule has 0 saturated heterocycles. The Balaban J connectivity index is 1.99. The molecule has 0 bridgehead atoms. The first kappa shape index (κ1) is 13.0. The Bertz CT molecular complexity index is 620. The van der Waals surface area contributed by atoms with Crippen LogP contribution >= 0.6 is 0 Å². The molecule has 1 unspecified atom stereocenters. The Hall–Kier alpha value is -2.04. The van der Waals surface area contributed by atoms with Crippen LogP contribution in [0.2, 0.25) is 0 Å². The number of nitrogens with zero attached hydrogens (tertiary/aromatic N) is 3. The zero-order valence-electron chi connectivity index (χ0n) is 12.0. The Labute approximate surface area is 118 Å². The van der Waals surface area contributed by atoms with Crippen LogP contribution in [0.4, 0.5) is 5.69 Å². The van der Waals surface area contributed by atoms with E-state index in [1.807, 2.05) is 25.1 Å². The van der Waals surface area contributed by atoms with Crippen molar-refractivity contribution in [2.45, 2.75) is 39.2 Å². The van der Waals surface area contributed by atoms with Crippen LogP contribution in [0.5, 0.6) is 5.75 Å². The fourth-order valence-corrected chi connectivity index (χ4v) is 2.77. The lowest BCUT2D eigenvalue weighted by Gasteiger charge is -2.20. The molecule has 20 heavy (non-hydrogen) atoms. The van der Waals surface area contributed by atoms with E-state index < -0.39 is 0 Å². The average Bonchev–Trinajstić information content (AvgIpc) is 2.87. The van der Waals surface area contributed by atoms with E-state index in [0.717, 1.165) is 29.5 Å². The van der Waals surface area contributed by atoms with Crippen LogP contribution < -0.4 is 10.5 Å². The lowest BCUT2D eigenvalue weighted by atomic mass is 10.0. The number of hydrogen-bond acceptors (Lipinski definition) is 4. The Kier molecular flexibility index (Phi) is 3.34. The van der Waals surface area contributed by atoms with Gasteiger partial charge in [-0.2, -0.15) is 0 Å². The Morgan fingerprint density at radius 3 is 3.00 bits per heavy atom. The van der Waals surface area contributed by atoms with Crippen LogP contribution in [0, 0.1) is 0 Å². The molecule has 5 nitrogen and oxygen atoms in total. The molecule has 3 rings (SSSR count). The fraction of sp³-hybridized carbons (Fsp3) is 0.467. The predicted molar refractivity (Wildman–Crippen MR) is 78.7 cm³/mol. The van der Waals surface area contributed by atoms with Crippen LogP contribution in [0.25, 0.3) is 11.4 Å². The molecule has 2 heterocycles. The van der Waals surface area contributed by atoms with Gasteiger partial charge in [0.15, 0.2) is 5.82 Å². The van der Waals surface area contributed by atoms with E-state index in [4.69, 9.17) is 10.5 Å². The molecule has 1 atom stereocenters. The topological polar surface area (TPSA) is 66.0 Å². The van der Waals surface area contributed by atoms with Crippen LogP contribution in [-0.2, 0) is 6.54 Å². The third-order valence-electron chi connectivity index (χ3n) is 3.81. The highest BCUT2D eigenvalue weighted by atomic mass is 16.5. The molecule has 0 radical (unpaired) electrons. The van der Waals surface area contributed by atoms with Gasteiger partial charge >= 0.3 is 0 Å². The molecule has 5 heteroatoms. The number of aromatic nitrogens is 3. The first-order valence-electron chi connectivity index (χ1n) is 7.16. The summed E-state index contributed by atoms with van der Waals surface area (Å²) in [5, 5.41) is 8.70. The quantitative estimate of drug-likeness (QED) is 0.872. The summed E-state index contributed by atoms with van der Waals surface area (Å²) in [4.78, 5) is 0. The number of ether oxygens (including phenoxy) is 1. The van der Waals surface area contributed by atoms with E-state index >= 15 is 0 Å². The average molecular weight is 272 g/mol. The van der Waals surface area contributed by atoms with Gasteiger partial charge < -0.3 is 15.0 Å². The smallest absolute Gasteiger partial charge is 0.164 e. The zero-order valence-corrected chi connectivity index (χ0v) is 12.0. The summed E-state index contributed by atoms with van der Waals surface area (Å²) in [5.74, 6) is 3.19. The van der Waals surface area contributed by atoms with E-state index in [1.165, 1.54) is 12.8 Å². The molecule has 0 spiro atoms. The minimum atomic E-state index is 0.477. The van der Waals surface area contributed by atoms with E-state index in [-0.39, 0.29) is 0 Å². The highest BCUT2D eigenvalue weighted by molar-refractivity contribution is 5.66. The molecule has 2 aromatic rings. The lowest BCUT2D eigenvalue weighted by Crippen LogP contribution is -2.14. The molecule has 1 aromatic carbocycles. The van der Waals surface area contributed by atoms with Crippen molar-refractivity contribution < 1.29 is 4.74 Å². The minimum Gasteiger partial charge on any atom is -0.492 e. The van der Waals surface area contributed by atoms with Gasteiger partial charge in [0, 0.05) is 18.0 Å². The molecule has 0 amide bonds. The maximum Gasteiger partial charge on any atom is 0.164 e. The van der Waals surface area contributed by atoms with Crippen molar-refractivity contribution in [1.29, 1.82) is 0 Å². The number of rotatable bonds is 3. The van der Waals surface area contributed by atoms with E-state index in [1.54, 1.807) is 0 Å². The number of nitrogens with two attached hydrogens (primary N) is 1. The number of benzene rings is 1. The van der Waals surface area contributed by atoms with Gasteiger partial charge in [0.05, 0.1) is 12.3 Å². The largest absolute Gasteiger partial charge is 0.492 e. The molecule has 1 aromatic heterocycles.